The summed E-state index contributed by atoms with van der Waals surface area (Å²) in [6.45, 7) is 3.86. The van der Waals surface area contributed by atoms with Crippen LogP contribution in [0.2, 0.25) is 0 Å². The number of carbonyl (C=O) groups is 1. The second kappa shape index (κ2) is 6.35. The zero-order valence-corrected chi connectivity index (χ0v) is 10.3. The van der Waals surface area contributed by atoms with Gasteiger partial charge in [-0.1, -0.05) is 25.8 Å². The predicted molar refractivity (Wildman–Crippen MR) is 67.3 cm³/mol. The lowest BCUT2D eigenvalue weighted by molar-refractivity contribution is -0.117. The van der Waals surface area contributed by atoms with Gasteiger partial charge >= 0.3 is 0 Å². The van der Waals surface area contributed by atoms with Crippen molar-refractivity contribution in [3.05, 3.63) is 29.6 Å². The maximum atomic E-state index is 13.0. The van der Waals surface area contributed by atoms with Crippen LogP contribution in [0.15, 0.2) is 18.2 Å². The molecule has 0 spiro atoms. The van der Waals surface area contributed by atoms with Crippen LogP contribution in [0.1, 0.15) is 31.7 Å². The van der Waals surface area contributed by atoms with E-state index in [0.29, 0.717) is 12.1 Å². The molecule has 0 saturated heterocycles. The van der Waals surface area contributed by atoms with E-state index < -0.39 is 6.04 Å². The number of aryl methyl sites for hydroxylation is 1. The molecule has 1 aromatic rings. The lowest BCUT2D eigenvalue weighted by atomic mass is 10.1. The van der Waals surface area contributed by atoms with Crippen molar-refractivity contribution in [2.24, 2.45) is 5.73 Å². The van der Waals surface area contributed by atoms with Crippen molar-refractivity contribution in [3.63, 3.8) is 0 Å². The average Bonchev–Trinajstić information content (AvgIpc) is 2.30. The smallest absolute Gasteiger partial charge is 0.241 e. The van der Waals surface area contributed by atoms with Crippen LogP contribution in [0.25, 0.3) is 0 Å². The number of rotatable bonds is 5. The number of hydrogen-bond acceptors (Lipinski definition) is 2. The molecule has 3 N–H and O–H groups in total. The van der Waals surface area contributed by atoms with Crippen LogP contribution in [0.5, 0.6) is 0 Å². The largest absolute Gasteiger partial charge is 0.324 e. The molecule has 4 heteroatoms. The summed E-state index contributed by atoms with van der Waals surface area (Å²) in [4.78, 5) is 11.7. The molecule has 0 aliphatic carbocycles. The summed E-state index contributed by atoms with van der Waals surface area (Å²) in [7, 11) is 0. The molecule has 94 valence electrons. The first-order valence-electron chi connectivity index (χ1n) is 5.87. The van der Waals surface area contributed by atoms with Crippen molar-refractivity contribution in [2.45, 2.75) is 39.2 Å². The molecule has 1 aromatic carbocycles. The molecule has 0 bridgehead atoms. The van der Waals surface area contributed by atoms with Gasteiger partial charge in [-0.2, -0.15) is 0 Å². The Morgan fingerprint density at radius 2 is 2.24 bits per heavy atom. The molecule has 0 saturated carbocycles. The number of halogens is 1. The van der Waals surface area contributed by atoms with E-state index >= 15 is 0 Å². The SMILES string of the molecule is CCCC[C@H](N)C(=O)Nc1cc(F)ccc1C. The van der Waals surface area contributed by atoms with Crippen LogP contribution < -0.4 is 11.1 Å². The maximum absolute atomic E-state index is 13.0. The summed E-state index contributed by atoms with van der Waals surface area (Å²) >= 11 is 0. The first kappa shape index (κ1) is 13.6. The van der Waals surface area contributed by atoms with E-state index in [1.165, 1.54) is 12.1 Å². The topological polar surface area (TPSA) is 55.1 Å². The Labute approximate surface area is 101 Å². The second-order valence-corrected chi connectivity index (χ2v) is 4.20. The lowest BCUT2D eigenvalue weighted by Gasteiger charge is -2.13. The summed E-state index contributed by atoms with van der Waals surface area (Å²) in [6.07, 6.45) is 2.56. The monoisotopic (exact) mass is 238 g/mol. The highest BCUT2D eigenvalue weighted by molar-refractivity contribution is 5.95. The number of nitrogens with two attached hydrogens (primary N) is 1. The number of benzene rings is 1. The molecule has 0 fully saturated rings. The number of carbonyl (C=O) groups excluding carboxylic acids is 1. The minimum atomic E-state index is -0.530. The van der Waals surface area contributed by atoms with Crippen LogP contribution >= 0.6 is 0 Å². The molecule has 0 radical (unpaired) electrons. The van der Waals surface area contributed by atoms with E-state index in [1.807, 2.05) is 13.8 Å². The van der Waals surface area contributed by atoms with Gasteiger partial charge in [0.1, 0.15) is 5.82 Å². The predicted octanol–water partition coefficient (Wildman–Crippen LogP) is 2.59. The van der Waals surface area contributed by atoms with Crippen molar-refractivity contribution in [3.8, 4) is 0 Å². The van der Waals surface area contributed by atoms with Gasteiger partial charge in [0.05, 0.1) is 6.04 Å². The first-order chi connectivity index (χ1) is 8.04. The maximum Gasteiger partial charge on any atom is 0.241 e. The summed E-state index contributed by atoms with van der Waals surface area (Å²) in [5, 5.41) is 2.66. The van der Waals surface area contributed by atoms with Gasteiger partial charge in [-0.3, -0.25) is 4.79 Å². The minimum absolute atomic E-state index is 0.257. The Balaban J connectivity index is 2.64. The van der Waals surface area contributed by atoms with E-state index in [-0.39, 0.29) is 11.7 Å². The normalized spacial score (nSPS) is 12.2. The fourth-order valence-corrected chi connectivity index (χ4v) is 1.51. The first-order valence-corrected chi connectivity index (χ1v) is 5.87. The highest BCUT2D eigenvalue weighted by atomic mass is 19.1. The third-order valence-corrected chi connectivity index (χ3v) is 2.66. The molecule has 1 amide bonds. The third kappa shape index (κ3) is 4.15. The van der Waals surface area contributed by atoms with Crippen LogP contribution in [-0.4, -0.2) is 11.9 Å². The Kier molecular flexibility index (Phi) is 5.10. The molecule has 0 aliphatic rings. The highest BCUT2D eigenvalue weighted by Gasteiger charge is 2.13. The molecule has 0 aliphatic heterocycles. The van der Waals surface area contributed by atoms with Crippen LogP contribution in [0.3, 0.4) is 0 Å². The molecular weight excluding hydrogens is 219 g/mol. The Morgan fingerprint density at radius 1 is 1.53 bits per heavy atom. The number of unbranched alkanes of at least 4 members (excludes halogenated alkanes) is 1. The number of hydrogen-bond donors (Lipinski definition) is 2. The molecule has 17 heavy (non-hydrogen) atoms. The highest BCUT2D eigenvalue weighted by Crippen LogP contribution is 2.16. The van der Waals surface area contributed by atoms with Crippen molar-refractivity contribution < 1.29 is 9.18 Å². The lowest BCUT2D eigenvalue weighted by Crippen LogP contribution is -2.35. The molecule has 0 aromatic heterocycles. The summed E-state index contributed by atoms with van der Waals surface area (Å²) in [5.41, 5.74) is 7.04. The fraction of sp³-hybridized carbons (Fsp3) is 0.462. The van der Waals surface area contributed by atoms with Gasteiger partial charge in [-0.15, -0.1) is 0 Å². The van der Waals surface area contributed by atoms with E-state index in [4.69, 9.17) is 5.73 Å². The van der Waals surface area contributed by atoms with Gasteiger partial charge in [0.2, 0.25) is 5.91 Å². The Hall–Kier alpha value is -1.42. The van der Waals surface area contributed by atoms with Crippen LogP contribution in [0, 0.1) is 12.7 Å². The molecular formula is C13H19FN2O. The second-order valence-electron chi connectivity index (χ2n) is 4.20. The summed E-state index contributed by atoms with van der Waals surface area (Å²) < 4.78 is 13.0. The Morgan fingerprint density at radius 3 is 2.88 bits per heavy atom. The van der Waals surface area contributed by atoms with Gasteiger partial charge in [0.25, 0.3) is 0 Å². The van der Waals surface area contributed by atoms with Gasteiger partial charge in [-0.25, -0.2) is 4.39 Å². The van der Waals surface area contributed by atoms with E-state index in [0.717, 1.165) is 18.4 Å². The van der Waals surface area contributed by atoms with E-state index in [1.54, 1.807) is 6.07 Å². The van der Waals surface area contributed by atoms with Crippen molar-refractivity contribution in [1.82, 2.24) is 0 Å². The molecule has 0 heterocycles. The minimum Gasteiger partial charge on any atom is -0.324 e. The summed E-state index contributed by atoms with van der Waals surface area (Å²) in [5.74, 6) is -0.625. The quantitative estimate of drug-likeness (QED) is 0.828. The van der Waals surface area contributed by atoms with E-state index in [2.05, 4.69) is 5.32 Å². The van der Waals surface area contributed by atoms with Gasteiger partial charge in [-0.05, 0) is 31.0 Å². The third-order valence-electron chi connectivity index (χ3n) is 2.66. The Bertz CT molecular complexity index is 393. The standard InChI is InChI=1S/C13H19FN2O/c1-3-4-5-11(15)13(17)16-12-8-10(14)7-6-9(12)2/h6-8,11H,3-5,15H2,1-2H3,(H,16,17)/t11-/m0/s1. The van der Waals surface area contributed by atoms with Crippen LogP contribution in [-0.2, 0) is 4.79 Å². The van der Waals surface area contributed by atoms with Crippen LogP contribution in [0.4, 0.5) is 10.1 Å². The number of anilines is 1. The van der Waals surface area contributed by atoms with Gasteiger partial charge < -0.3 is 11.1 Å². The van der Waals surface area contributed by atoms with Crippen molar-refractivity contribution >= 4 is 11.6 Å². The summed E-state index contributed by atoms with van der Waals surface area (Å²) in [6, 6.07) is 3.77. The molecule has 1 atom stereocenters. The zero-order valence-electron chi connectivity index (χ0n) is 10.3. The molecule has 0 unspecified atom stereocenters. The van der Waals surface area contributed by atoms with Crippen molar-refractivity contribution in [1.29, 1.82) is 0 Å². The van der Waals surface area contributed by atoms with Crippen molar-refractivity contribution in [2.75, 3.05) is 5.32 Å². The zero-order chi connectivity index (χ0) is 12.8. The number of amides is 1. The fourth-order valence-electron chi connectivity index (χ4n) is 1.51. The van der Waals surface area contributed by atoms with E-state index in [9.17, 15) is 9.18 Å². The molecule has 3 nitrogen and oxygen atoms in total. The van der Waals surface area contributed by atoms with Gasteiger partial charge in [0.15, 0.2) is 0 Å². The molecule has 1 rings (SSSR count). The van der Waals surface area contributed by atoms with Gasteiger partial charge in [0, 0.05) is 5.69 Å². The number of nitrogens with one attached hydrogen (secondary N) is 1. The average molecular weight is 238 g/mol.